The molecule has 0 spiro atoms. The number of ether oxygens (including phenoxy) is 1. The minimum Gasteiger partial charge on any atom is -0.491 e. The summed E-state index contributed by atoms with van der Waals surface area (Å²) in [5.74, 6) is -0.737. The molecule has 2 aromatic carbocycles. The van der Waals surface area contributed by atoms with Crippen molar-refractivity contribution in [3.63, 3.8) is 0 Å². The van der Waals surface area contributed by atoms with Crippen LogP contribution in [0.1, 0.15) is 26.3 Å². The highest BCUT2D eigenvalue weighted by Crippen LogP contribution is 2.27. The predicted octanol–water partition coefficient (Wildman–Crippen LogP) is 1.36. The van der Waals surface area contributed by atoms with Crippen molar-refractivity contribution < 1.29 is 29.4 Å². The maximum atomic E-state index is 12.5. The van der Waals surface area contributed by atoms with E-state index >= 15 is 0 Å². The van der Waals surface area contributed by atoms with Crippen molar-refractivity contribution in [1.82, 2.24) is 9.80 Å². The van der Waals surface area contributed by atoms with Crippen LogP contribution in [0.2, 0.25) is 0 Å². The van der Waals surface area contributed by atoms with Crippen LogP contribution in [0.5, 0.6) is 5.75 Å². The van der Waals surface area contributed by atoms with Gasteiger partial charge in [0.15, 0.2) is 0 Å². The summed E-state index contributed by atoms with van der Waals surface area (Å²) in [6.45, 7) is 5.37. The van der Waals surface area contributed by atoms with Gasteiger partial charge in [-0.05, 0) is 37.3 Å². The average Bonchev–Trinajstić information content (AvgIpc) is 3.08. The third-order valence-corrected chi connectivity index (χ3v) is 6.14. The van der Waals surface area contributed by atoms with Gasteiger partial charge in [0.2, 0.25) is 0 Å². The zero-order valence-corrected chi connectivity index (χ0v) is 19.5. The van der Waals surface area contributed by atoms with E-state index in [1.165, 1.54) is 23.4 Å². The SMILES string of the molecule is Cc1ccc(N2CCN(CC(O)COc3ccc4c(c3)C(=O)N(CCO[N+](=O)[O-])C4=O)CC2)cc1. The summed E-state index contributed by atoms with van der Waals surface area (Å²) >= 11 is 0. The Morgan fingerprint density at radius 1 is 1.03 bits per heavy atom. The number of nitrogens with zero attached hydrogens (tertiary/aromatic N) is 4. The zero-order chi connectivity index (χ0) is 24.9. The number of hydrogen-bond donors (Lipinski definition) is 1. The molecule has 2 amide bonds. The van der Waals surface area contributed by atoms with Gasteiger partial charge in [0.1, 0.15) is 25.1 Å². The lowest BCUT2D eigenvalue weighted by molar-refractivity contribution is -0.757. The monoisotopic (exact) mass is 484 g/mol. The van der Waals surface area contributed by atoms with Crippen LogP contribution in [0.4, 0.5) is 5.69 Å². The first kappa shape index (κ1) is 24.4. The number of aryl methyl sites for hydroxylation is 1. The summed E-state index contributed by atoms with van der Waals surface area (Å²) in [6, 6.07) is 13.0. The van der Waals surface area contributed by atoms with Crippen LogP contribution in [0.3, 0.4) is 0 Å². The molecule has 1 N–H and O–H groups in total. The third-order valence-electron chi connectivity index (χ3n) is 6.14. The second-order valence-corrected chi connectivity index (χ2v) is 8.61. The van der Waals surface area contributed by atoms with Crippen molar-refractivity contribution in [2.75, 3.05) is 57.4 Å². The van der Waals surface area contributed by atoms with Crippen LogP contribution in [0.15, 0.2) is 42.5 Å². The lowest BCUT2D eigenvalue weighted by Crippen LogP contribution is -2.49. The summed E-state index contributed by atoms with van der Waals surface area (Å²) < 4.78 is 5.68. The number of fused-ring (bicyclic) bond motifs is 1. The van der Waals surface area contributed by atoms with Gasteiger partial charge in [0.05, 0.1) is 17.7 Å². The van der Waals surface area contributed by atoms with E-state index in [9.17, 15) is 24.8 Å². The lowest BCUT2D eigenvalue weighted by atomic mass is 10.1. The Labute approximate surface area is 202 Å². The lowest BCUT2D eigenvalue weighted by Gasteiger charge is -2.36. The molecule has 2 aromatic rings. The molecular formula is C24H28N4O7. The number of carbonyl (C=O) groups excluding carboxylic acids is 2. The summed E-state index contributed by atoms with van der Waals surface area (Å²) in [5, 5.41) is 19.8. The minimum atomic E-state index is -0.973. The number of amides is 2. The van der Waals surface area contributed by atoms with Gasteiger partial charge in [-0.3, -0.25) is 19.4 Å². The van der Waals surface area contributed by atoms with Crippen LogP contribution in [0.25, 0.3) is 0 Å². The number of aliphatic hydroxyl groups excluding tert-OH is 1. The Balaban J connectivity index is 1.24. The average molecular weight is 485 g/mol. The van der Waals surface area contributed by atoms with Crippen molar-refractivity contribution in [3.8, 4) is 5.75 Å². The second-order valence-electron chi connectivity index (χ2n) is 8.61. The van der Waals surface area contributed by atoms with Crippen LogP contribution in [-0.4, -0.2) is 90.4 Å². The molecule has 11 heteroatoms. The van der Waals surface area contributed by atoms with Gasteiger partial charge < -0.3 is 19.6 Å². The molecule has 1 unspecified atom stereocenters. The van der Waals surface area contributed by atoms with Crippen LogP contribution < -0.4 is 9.64 Å². The zero-order valence-electron chi connectivity index (χ0n) is 19.5. The number of imide groups is 1. The first-order valence-corrected chi connectivity index (χ1v) is 11.4. The van der Waals surface area contributed by atoms with Crippen LogP contribution in [0, 0.1) is 17.0 Å². The first-order chi connectivity index (χ1) is 16.8. The Bertz CT molecular complexity index is 1080. The van der Waals surface area contributed by atoms with Gasteiger partial charge in [0, 0.05) is 38.4 Å². The number of anilines is 1. The molecule has 35 heavy (non-hydrogen) atoms. The topological polar surface area (TPSA) is 126 Å². The second kappa shape index (κ2) is 10.7. The number of rotatable bonds is 10. The van der Waals surface area contributed by atoms with Crippen molar-refractivity contribution in [1.29, 1.82) is 0 Å². The molecule has 0 radical (unpaired) electrons. The van der Waals surface area contributed by atoms with Crippen molar-refractivity contribution in [3.05, 3.63) is 69.3 Å². The highest BCUT2D eigenvalue weighted by Gasteiger charge is 2.35. The quantitative estimate of drug-likeness (QED) is 0.302. The molecule has 186 valence electrons. The summed E-state index contributed by atoms with van der Waals surface area (Å²) in [6.07, 6.45) is -0.720. The van der Waals surface area contributed by atoms with Gasteiger partial charge in [-0.2, -0.15) is 0 Å². The minimum absolute atomic E-state index is 0.0412. The summed E-state index contributed by atoms with van der Waals surface area (Å²) in [7, 11) is 0. The number of benzene rings is 2. The number of carbonyl (C=O) groups is 2. The molecule has 2 heterocycles. The summed E-state index contributed by atoms with van der Waals surface area (Å²) in [4.78, 5) is 44.9. The Hall–Kier alpha value is -3.70. The number of aliphatic hydroxyl groups is 1. The highest BCUT2D eigenvalue weighted by atomic mass is 16.9. The van der Waals surface area contributed by atoms with Gasteiger partial charge in [-0.1, -0.05) is 17.7 Å². The molecular weight excluding hydrogens is 456 g/mol. The van der Waals surface area contributed by atoms with Gasteiger partial charge in [0.25, 0.3) is 16.9 Å². The maximum Gasteiger partial charge on any atom is 0.294 e. The van der Waals surface area contributed by atoms with Gasteiger partial charge >= 0.3 is 0 Å². The van der Waals surface area contributed by atoms with Gasteiger partial charge in [-0.25, -0.2) is 0 Å². The Kier molecular flexibility index (Phi) is 7.47. The van der Waals surface area contributed by atoms with E-state index in [4.69, 9.17) is 4.74 Å². The molecule has 4 rings (SSSR count). The van der Waals surface area contributed by atoms with E-state index in [1.54, 1.807) is 6.07 Å². The van der Waals surface area contributed by atoms with Crippen LogP contribution >= 0.6 is 0 Å². The normalized spacial score (nSPS) is 16.9. The van der Waals surface area contributed by atoms with E-state index < -0.39 is 29.6 Å². The van der Waals surface area contributed by atoms with E-state index in [0.717, 1.165) is 31.1 Å². The molecule has 2 aliphatic heterocycles. The molecule has 11 nitrogen and oxygen atoms in total. The van der Waals surface area contributed by atoms with Crippen molar-refractivity contribution in [2.24, 2.45) is 0 Å². The molecule has 0 saturated carbocycles. The molecule has 1 saturated heterocycles. The fourth-order valence-corrected chi connectivity index (χ4v) is 4.26. The highest BCUT2D eigenvalue weighted by molar-refractivity contribution is 6.21. The fourth-order valence-electron chi connectivity index (χ4n) is 4.26. The third kappa shape index (κ3) is 5.87. The van der Waals surface area contributed by atoms with Crippen molar-refractivity contribution in [2.45, 2.75) is 13.0 Å². The molecule has 1 fully saturated rings. The Morgan fingerprint density at radius 2 is 1.71 bits per heavy atom. The van der Waals surface area contributed by atoms with E-state index in [0.29, 0.717) is 12.3 Å². The number of piperazine rings is 1. The molecule has 2 aliphatic rings. The standard InChI is InChI=1S/C24H28N4O7/c1-17-2-4-18(5-3-17)26-10-8-25(9-11-26)15-19(29)16-34-20-6-7-21-22(14-20)24(31)27(23(21)30)12-13-35-28(32)33/h2-7,14,19,29H,8-13,15-16H2,1H3. The predicted molar refractivity (Wildman–Crippen MR) is 126 cm³/mol. The fraction of sp³-hybridized carbons (Fsp3) is 0.417. The van der Waals surface area contributed by atoms with Crippen LogP contribution in [-0.2, 0) is 4.84 Å². The molecule has 1 atom stereocenters. The first-order valence-electron chi connectivity index (χ1n) is 11.4. The molecule has 0 bridgehead atoms. The maximum absolute atomic E-state index is 12.5. The van der Waals surface area contributed by atoms with Crippen molar-refractivity contribution >= 4 is 17.5 Å². The largest absolute Gasteiger partial charge is 0.491 e. The number of hydrogen-bond acceptors (Lipinski definition) is 9. The number of β-amino-alcohol motifs (C(OH)–C–C–N with tert-alkyl or cyclic N) is 1. The van der Waals surface area contributed by atoms with Gasteiger partial charge in [-0.15, -0.1) is 10.1 Å². The van der Waals surface area contributed by atoms with E-state index in [-0.39, 0.29) is 24.3 Å². The molecule has 0 aromatic heterocycles. The smallest absolute Gasteiger partial charge is 0.294 e. The van der Waals surface area contributed by atoms with E-state index in [2.05, 4.69) is 45.8 Å². The molecule has 0 aliphatic carbocycles. The Morgan fingerprint density at radius 3 is 2.40 bits per heavy atom. The summed E-state index contributed by atoms with van der Waals surface area (Å²) in [5.41, 5.74) is 2.80. The van der Waals surface area contributed by atoms with E-state index in [1.807, 2.05) is 0 Å².